The van der Waals surface area contributed by atoms with Gasteiger partial charge < -0.3 is 10.5 Å². The Morgan fingerprint density at radius 2 is 2.39 bits per heavy atom. The summed E-state index contributed by atoms with van der Waals surface area (Å²) < 4.78 is 18.8. The Hall–Kier alpha value is -1.20. The molecule has 1 saturated heterocycles. The van der Waals surface area contributed by atoms with E-state index in [1.165, 1.54) is 13.2 Å². The van der Waals surface area contributed by atoms with Crippen LogP contribution in [0.15, 0.2) is 18.2 Å². The van der Waals surface area contributed by atoms with Crippen molar-refractivity contribution >= 4 is 17.2 Å². The van der Waals surface area contributed by atoms with Crippen LogP contribution in [0.4, 0.5) is 4.39 Å². The molecule has 0 radical (unpaired) electrons. The molecule has 0 saturated carbocycles. The van der Waals surface area contributed by atoms with E-state index in [9.17, 15) is 4.39 Å². The van der Waals surface area contributed by atoms with Gasteiger partial charge >= 0.3 is 0 Å². The molecule has 1 aromatic carbocycles. The van der Waals surface area contributed by atoms with Crippen LogP contribution in [0.3, 0.4) is 0 Å². The van der Waals surface area contributed by atoms with Crippen molar-refractivity contribution in [2.45, 2.75) is 25.4 Å². The smallest absolute Gasteiger partial charge is 0.131 e. The standard InChI is InChI=1S/C13H17FN2OS/c1-17-10-5-4-9(11(14)7-10)8-16-6-2-3-12(16)13(15)18/h4-5,7,12H,2-3,6,8H2,1H3,(H2,15,18). The molecule has 0 aromatic heterocycles. The predicted octanol–water partition coefficient (Wildman–Crippen LogP) is 2.08. The van der Waals surface area contributed by atoms with Gasteiger partial charge in [-0.15, -0.1) is 0 Å². The molecule has 1 fully saturated rings. The van der Waals surface area contributed by atoms with Crippen LogP contribution in [-0.4, -0.2) is 29.6 Å². The first-order chi connectivity index (χ1) is 8.61. The summed E-state index contributed by atoms with van der Waals surface area (Å²) in [6.45, 7) is 1.45. The lowest BCUT2D eigenvalue weighted by Gasteiger charge is -2.23. The van der Waals surface area contributed by atoms with Gasteiger partial charge in [-0.05, 0) is 25.5 Å². The van der Waals surface area contributed by atoms with E-state index in [2.05, 4.69) is 4.90 Å². The summed E-state index contributed by atoms with van der Waals surface area (Å²) >= 11 is 5.04. The summed E-state index contributed by atoms with van der Waals surface area (Å²) in [6.07, 6.45) is 2.02. The van der Waals surface area contributed by atoms with Gasteiger partial charge in [-0.25, -0.2) is 4.39 Å². The van der Waals surface area contributed by atoms with Gasteiger partial charge in [0.1, 0.15) is 11.6 Å². The van der Waals surface area contributed by atoms with Crippen LogP contribution in [0.2, 0.25) is 0 Å². The van der Waals surface area contributed by atoms with Crippen molar-refractivity contribution in [1.82, 2.24) is 4.90 Å². The molecule has 1 aliphatic heterocycles. The maximum absolute atomic E-state index is 13.8. The Morgan fingerprint density at radius 3 is 3.00 bits per heavy atom. The number of ether oxygens (including phenoxy) is 1. The van der Waals surface area contributed by atoms with Crippen LogP contribution in [0.25, 0.3) is 0 Å². The number of likely N-dealkylation sites (tertiary alicyclic amines) is 1. The van der Waals surface area contributed by atoms with Crippen molar-refractivity contribution in [2.24, 2.45) is 5.73 Å². The van der Waals surface area contributed by atoms with Crippen molar-refractivity contribution < 1.29 is 9.13 Å². The van der Waals surface area contributed by atoms with Gasteiger partial charge in [-0.3, -0.25) is 4.90 Å². The number of benzene rings is 1. The zero-order valence-electron chi connectivity index (χ0n) is 10.4. The zero-order chi connectivity index (χ0) is 13.1. The van der Waals surface area contributed by atoms with Crippen molar-refractivity contribution in [1.29, 1.82) is 0 Å². The highest BCUT2D eigenvalue weighted by atomic mass is 32.1. The first kappa shape index (κ1) is 13.2. The third-order valence-electron chi connectivity index (χ3n) is 3.33. The number of hydrogen-bond donors (Lipinski definition) is 1. The summed E-state index contributed by atoms with van der Waals surface area (Å²) in [5, 5.41) is 0. The molecular weight excluding hydrogens is 251 g/mol. The molecule has 2 N–H and O–H groups in total. The molecule has 1 aliphatic rings. The molecule has 3 nitrogen and oxygen atoms in total. The topological polar surface area (TPSA) is 38.5 Å². The third kappa shape index (κ3) is 2.79. The van der Waals surface area contributed by atoms with E-state index in [-0.39, 0.29) is 11.9 Å². The van der Waals surface area contributed by atoms with E-state index in [1.54, 1.807) is 12.1 Å². The van der Waals surface area contributed by atoms with Crippen LogP contribution in [0.5, 0.6) is 5.75 Å². The number of nitrogens with zero attached hydrogens (tertiary/aromatic N) is 1. The molecule has 0 spiro atoms. The van der Waals surface area contributed by atoms with Gasteiger partial charge in [-0.2, -0.15) is 0 Å². The molecule has 2 rings (SSSR count). The first-order valence-electron chi connectivity index (χ1n) is 5.97. The largest absolute Gasteiger partial charge is 0.497 e. The van der Waals surface area contributed by atoms with Crippen molar-refractivity contribution in [2.75, 3.05) is 13.7 Å². The van der Waals surface area contributed by atoms with Crippen molar-refractivity contribution in [3.8, 4) is 5.75 Å². The van der Waals surface area contributed by atoms with E-state index < -0.39 is 0 Å². The number of rotatable bonds is 4. The maximum Gasteiger partial charge on any atom is 0.131 e. The zero-order valence-corrected chi connectivity index (χ0v) is 11.2. The Morgan fingerprint density at radius 1 is 1.61 bits per heavy atom. The van der Waals surface area contributed by atoms with Gasteiger partial charge in [-0.1, -0.05) is 18.3 Å². The number of nitrogens with two attached hydrogens (primary N) is 1. The van der Waals surface area contributed by atoms with Gasteiger partial charge in [0.15, 0.2) is 0 Å². The van der Waals surface area contributed by atoms with Crippen LogP contribution in [-0.2, 0) is 6.54 Å². The average molecular weight is 268 g/mol. The monoisotopic (exact) mass is 268 g/mol. The average Bonchev–Trinajstić information content (AvgIpc) is 2.80. The van der Waals surface area contributed by atoms with Crippen LogP contribution in [0, 0.1) is 5.82 Å². The van der Waals surface area contributed by atoms with Crippen LogP contribution >= 0.6 is 12.2 Å². The number of halogens is 1. The van der Waals surface area contributed by atoms with E-state index >= 15 is 0 Å². The summed E-state index contributed by atoms with van der Waals surface area (Å²) in [5.41, 5.74) is 6.35. The lowest BCUT2D eigenvalue weighted by Crippen LogP contribution is -2.38. The molecule has 1 aromatic rings. The Balaban J connectivity index is 2.11. The lowest BCUT2D eigenvalue weighted by molar-refractivity contribution is 0.290. The van der Waals surface area contributed by atoms with E-state index in [0.717, 1.165) is 19.4 Å². The Kier molecular flexibility index (Phi) is 4.14. The van der Waals surface area contributed by atoms with Gasteiger partial charge in [0.05, 0.1) is 18.1 Å². The molecule has 1 unspecified atom stereocenters. The number of methoxy groups -OCH3 is 1. The lowest BCUT2D eigenvalue weighted by atomic mass is 10.1. The molecule has 1 atom stereocenters. The molecule has 18 heavy (non-hydrogen) atoms. The van der Waals surface area contributed by atoms with E-state index in [4.69, 9.17) is 22.7 Å². The number of thiocarbonyl (C=S) groups is 1. The molecule has 98 valence electrons. The minimum Gasteiger partial charge on any atom is -0.497 e. The second-order valence-electron chi connectivity index (χ2n) is 4.49. The van der Waals surface area contributed by atoms with Gasteiger partial charge in [0.25, 0.3) is 0 Å². The summed E-state index contributed by atoms with van der Waals surface area (Å²) in [7, 11) is 1.53. The molecular formula is C13H17FN2OS. The van der Waals surface area contributed by atoms with Crippen LogP contribution < -0.4 is 10.5 Å². The fourth-order valence-corrected chi connectivity index (χ4v) is 2.61. The normalized spacial score (nSPS) is 20.0. The summed E-state index contributed by atoms with van der Waals surface area (Å²) in [6, 6.07) is 5.02. The number of hydrogen-bond acceptors (Lipinski definition) is 3. The highest BCUT2D eigenvalue weighted by Crippen LogP contribution is 2.23. The minimum absolute atomic E-state index is 0.0986. The van der Waals surface area contributed by atoms with E-state index in [1.807, 2.05) is 0 Å². The summed E-state index contributed by atoms with van der Waals surface area (Å²) in [4.78, 5) is 2.63. The van der Waals surface area contributed by atoms with Crippen LogP contribution in [0.1, 0.15) is 18.4 Å². The highest BCUT2D eigenvalue weighted by Gasteiger charge is 2.27. The van der Waals surface area contributed by atoms with Crippen molar-refractivity contribution in [3.05, 3.63) is 29.6 Å². The second kappa shape index (κ2) is 5.63. The molecule has 0 bridgehead atoms. The Bertz CT molecular complexity index is 453. The SMILES string of the molecule is COc1ccc(CN2CCCC2C(N)=S)c(F)c1. The minimum atomic E-state index is -0.247. The molecule has 0 amide bonds. The Labute approximate surface area is 112 Å². The predicted molar refractivity (Wildman–Crippen MR) is 73.2 cm³/mol. The molecule has 1 heterocycles. The third-order valence-corrected chi connectivity index (χ3v) is 3.60. The quantitative estimate of drug-likeness (QED) is 0.849. The van der Waals surface area contributed by atoms with Gasteiger partial charge in [0, 0.05) is 18.2 Å². The second-order valence-corrected chi connectivity index (χ2v) is 4.96. The van der Waals surface area contributed by atoms with Gasteiger partial charge in [0.2, 0.25) is 0 Å². The van der Waals surface area contributed by atoms with Crippen molar-refractivity contribution in [3.63, 3.8) is 0 Å². The fraction of sp³-hybridized carbons (Fsp3) is 0.462. The maximum atomic E-state index is 13.8. The fourth-order valence-electron chi connectivity index (χ4n) is 2.34. The molecule has 0 aliphatic carbocycles. The van der Waals surface area contributed by atoms with E-state index in [0.29, 0.717) is 22.8 Å². The molecule has 5 heteroatoms. The summed E-state index contributed by atoms with van der Waals surface area (Å²) in [5.74, 6) is 0.284. The first-order valence-corrected chi connectivity index (χ1v) is 6.38. The highest BCUT2D eigenvalue weighted by molar-refractivity contribution is 7.80.